The molecule has 0 aliphatic heterocycles. The molecule has 1 aromatic rings. The highest BCUT2D eigenvalue weighted by Gasteiger charge is 2.03. The van der Waals surface area contributed by atoms with Crippen LogP contribution in [0, 0.1) is 0 Å². The largest absolute Gasteiger partial charge is 0.309 e. The van der Waals surface area contributed by atoms with Crippen molar-refractivity contribution in [1.82, 2.24) is 5.32 Å². The number of nitrogens with one attached hydrogen (secondary N) is 1. The van der Waals surface area contributed by atoms with Gasteiger partial charge in [0.2, 0.25) is 0 Å². The Morgan fingerprint density at radius 1 is 1.47 bits per heavy atom. The van der Waals surface area contributed by atoms with Crippen LogP contribution in [0.4, 0.5) is 0 Å². The van der Waals surface area contributed by atoms with Gasteiger partial charge in [-0.05, 0) is 30.4 Å². The van der Waals surface area contributed by atoms with Crippen molar-refractivity contribution in [2.75, 3.05) is 18.1 Å². The molecule has 0 spiro atoms. The molecule has 1 rings (SSSR count). The summed E-state index contributed by atoms with van der Waals surface area (Å²) in [7, 11) is 0. The molecule has 0 radical (unpaired) electrons. The van der Waals surface area contributed by atoms with Crippen LogP contribution >= 0.6 is 23.4 Å². The highest BCUT2D eigenvalue weighted by molar-refractivity contribution is 7.99. The van der Waals surface area contributed by atoms with Gasteiger partial charge < -0.3 is 5.32 Å². The standard InChI is InChI=1S/C12H18ClNS/c1-3-15-8-7-14-10(2)11-5-4-6-12(13)9-11/h4-6,9-10,14H,3,7-8H2,1-2H3. The van der Waals surface area contributed by atoms with Crippen molar-refractivity contribution in [2.24, 2.45) is 0 Å². The average molecular weight is 244 g/mol. The zero-order valence-corrected chi connectivity index (χ0v) is 10.9. The zero-order chi connectivity index (χ0) is 11.1. The van der Waals surface area contributed by atoms with Gasteiger partial charge in [0.1, 0.15) is 0 Å². The van der Waals surface area contributed by atoms with Gasteiger partial charge in [0.25, 0.3) is 0 Å². The molecule has 0 bridgehead atoms. The van der Waals surface area contributed by atoms with Gasteiger partial charge in [-0.2, -0.15) is 11.8 Å². The Bertz CT molecular complexity index is 291. The van der Waals surface area contributed by atoms with Gasteiger partial charge in [0.15, 0.2) is 0 Å². The van der Waals surface area contributed by atoms with E-state index >= 15 is 0 Å². The first-order valence-electron chi connectivity index (χ1n) is 5.30. The summed E-state index contributed by atoms with van der Waals surface area (Å²) in [4.78, 5) is 0. The molecule has 0 amide bonds. The molecule has 1 N–H and O–H groups in total. The third-order valence-corrected chi connectivity index (χ3v) is 3.39. The van der Waals surface area contributed by atoms with Crippen molar-refractivity contribution in [1.29, 1.82) is 0 Å². The number of rotatable bonds is 6. The average Bonchev–Trinajstić information content (AvgIpc) is 2.24. The van der Waals surface area contributed by atoms with E-state index in [0.717, 1.165) is 11.6 Å². The van der Waals surface area contributed by atoms with Crippen molar-refractivity contribution < 1.29 is 0 Å². The molecule has 1 nitrogen and oxygen atoms in total. The second-order valence-electron chi connectivity index (χ2n) is 3.43. The van der Waals surface area contributed by atoms with Crippen LogP contribution in [0.25, 0.3) is 0 Å². The van der Waals surface area contributed by atoms with E-state index in [-0.39, 0.29) is 0 Å². The molecule has 84 valence electrons. The lowest BCUT2D eigenvalue weighted by molar-refractivity contribution is 0.601. The van der Waals surface area contributed by atoms with Crippen LogP contribution < -0.4 is 5.32 Å². The van der Waals surface area contributed by atoms with E-state index in [9.17, 15) is 0 Å². The SMILES string of the molecule is CCSCCNC(C)c1cccc(Cl)c1. The minimum Gasteiger partial charge on any atom is -0.309 e. The van der Waals surface area contributed by atoms with E-state index in [1.165, 1.54) is 17.1 Å². The van der Waals surface area contributed by atoms with Gasteiger partial charge in [-0.15, -0.1) is 0 Å². The van der Waals surface area contributed by atoms with Gasteiger partial charge in [0, 0.05) is 23.4 Å². The van der Waals surface area contributed by atoms with E-state index in [2.05, 4.69) is 25.2 Å². The molecule has 3 heteroatoms. The molecule has 1 aromatic carbocycles. The minimum absolute atomic E-state index is 0.376. The van der Waals surface area contributed by atoms with Gasteiger partial charge in [0.05, 0.1) is 0 Å². The van der Waals surface area contributed by atoms with E-state index in [1.807, 2.05) is 30.0 Å². The Morgan fingerprint density at radius 3 is 2.93 bits per heavy atom. The first-order valence-corrected chi connectivity index (χ1v) is 6.84. The van der Waals surface area contributed by atoms with Crippen molar-refractivity contribution in [2.45, 2.75) is 19.9 Å². The fourth-order valence-corrected chi connectivity index (χ4v) is 2.14. The van der Waals surface area contributed by atoms with E-state index in [1.54, 1.807) is 0 Å². The number of benzene rings is 1. The van der Waals surface area contributed by atoms with Crippen molar-refractivity contribution >= 4 is 23.4 Å². The Labute approximate surface area is 102 Å². The van der Waals surface area contributed by atoms with Crippen LogP contribution in [-0.2, 0) is 0 Å². The summed E-state index contributed by atoms with van der Waals surface area (Å²) < 4.78 is 0. The molecule has 0 aromatic heterocycles. The zero-order valence-electron chi connectivity index (χ0n) is 9.29. The summed E-state index contributed by atoms with van der Waals surface area (Å²) in [6.07, 6.45) is 0. The molecule has 1 atom stereocenters. The number of hydrogen-bond donors (Lipinski definition) is 1. The van der Waals surface area contributed by atoms with Gasteiger partial charge in [-0.1, -0.05) is 30.7 Å². The van der Waals surface area contributed by atoms with Crippen LogP contribution in [0.2, 0.25) is 5.02 Å². The van der Waals surface area contributed by atoms with E-state index in [0.29, 0.717) is 6.04 Å². The Kier molecular flexibility index (Phi) is 6.15. The lowest BCUT2D eigenvalue weighted by atomic mass is 10.1. The second-order valence-corrected chi connectivity index (χ2v) is 5.26. The minimum atomic E-state index is 0.376. The lowest BCUT2D eigenvalue weighted by Gasteiger charge is -2.14. The van der Waals surface area contributed by atoms with Gasteiger partial charge >= 0.3 is 0 Å². The quantitative estimate of drug-likeness (QED) is 0.764. The van der Waals surface area contributed by atoms with Crippen LogP contribution in [-0.4, -0.2) is 18.1 Å². The van der Waals surface area contributed by atoms with Crippen molar-refractivity contribution in [3.8, 4) is 0 Å². The van der Waals surface area contributed by atoms with Gasteiger partial charge in [-0.25, -0.2) is 0 Å². The number of hydrogen-bond acceptors (Lipinski definition) is 2. The molecule has 1 unspecified atom stereocenters. The third kappa shape index (κ3) is 4.92. The molecule has 0 fully saturated rings. The molecule has 0 aliphatic rings. The summed E-state index contributed by atoms with van der Waals surface area (Å²) in [5.74, 6) is 2.36. The fraction of sp³-hybridized carbons (Fsp3) is 0.500. The highest BCUT2D eigenvalue weighted by Crippen LogP contribution is 2.17. The maximum Gasteiger partial charge on any atom is 0.0409 e. The highest BCUT2D eigenvalue weighted by atomic mass is 35.5. The summed E-state index contributed by atoms with van der Waals surface area (Å²) in [5, 5.41) is 4.29. The van der Waals surface area contributed by atoms with Crippen molar-refractivity contribution in [3.63, 3.8) is 0 Å². The molecule has 15 heavy (non-hydrogen) atoms. The maximum atomic E-state index is 5.94. The molecular formula is C12H18ClNS. The molecular weight excluding hydrogens is 226 g/mol. The van der Waals surface area contributed by atoms with Crippen LogP contribution in [0.3, 0.4) is 0 Å². The summed E-state index contributed by atoms with van der Waals surface area (Å²) in [5.41, 5.74) is 1.25. The third-order valence-electron chi connectivity index (χ3n) is 2.25. The molecule has 0 saturated heterocycles. The topological polar surface area (TPSA) is 12.0 Å². The Hall–Kier alpha value is -0.180. The second kappa shape index (κ2) is 7.15. The fourth-order valence-electron chi connectivity index (χ4n) is 1.39. The predicted octanol–water partition coefficient (Wildman–Crippen LogP) is 3.74. The van der Waals surface area contributed by atoms with Crippen LogP contribution in [0.5, 0.6) is 0 Å². The normalized spacial score (nSPS) is 12.7. The summed E-state index contributed by atoms with van der Waals surface area (Å²) >= 11 is 7.90. The summed E-state index contributed by atoms with van der Waals surface area (Å²) in [6.45, 7) is 5.40. The van der Waals surface area contributed by atoms with Crippen LogP contribution in [0.15, 0.2) is 24.3 Å². The van der Waals surface area contributed by atoms with Crippen LogP contribution in [0.1, 0.15) is 25.5 Å². The molecule has 0 saturated carbocycles. The molecule has 0 aliphatic carbocycles. The predicted molar refractivity (Wildman–Crippen MR) is 70.9 cm³/mol. The lowest BCUT2D eigenvalue weighted by Crippen LogP contribution is -2.21. The Balaban J connectivity index is 2.36. The summed E-state index contributed by atoms with van der Waals surface area (Å²) in [6, 6.07) is 8.41. The van der Waals surface area contributed by atoms with Gasteiger partial charge in [-0.3, -0.25) is 0 Å². The van der Waals surface area contributed by atoms with E-state index in [4.69, 9.17) is 11.6 Å². The maximum absolute atomic E-state index is 5.94. The van der Waals surface area contributed by atoms with Crippen molar-refractivity contribution in [3.05, 3.63) is 34.9 Å². The number of thioether (sulfide) groups is 1. The monoisotopic (exact) mass is 243 g/mol. The molecule has 0 heterocycles. The van der Waals surface area contributed by atoms with E-state index < -0.39 is 0 Å². The smallest absolute Gasteiger partial charge is 0.0409 e. The first kappa shape index (κ1) is 12.9. The number of halogens is 1. The Morgan fingerprint density at radius 2 is 2.27 bits per heavy atom. The first-order chi connectivity index (χ1) is 7.24.